The van der Waals surface area contributed by atoms with E-state index in [1.54, 1.807) is 6.07 Å². The van der Waals surface area contributed by atoms with Gasteiger partial charge in [-0.25, -0.2) is 0 Å². The summed E-state index contributed by atoms with van der Waals surface area (Å²) in [6, 6.07) is 13.3. The molecule has 2 N–H and O–H groups in total. The molecule has 0 fully saturated rings. The SMILES string of the molecule is NC(=O)c1cccbc1-c1ccccc1. The second-order valence-electron chi connectivity index (χ2n) is 3.28. The first-order valence-corrected chi connectivity index (χ1v) is 4.73. The molecule has 0 saturated carbocycles. The molecule has 0 spiro atoms. The molecule has 15 heavy (non-hydrogen) atoms. The third-order valence-corrected chi connectivity index (χ3v) is 2.28. The summed E-state index contributed by atoms with van der Waals surface area (Å²) in [7, 11) is 0. The van der Waals surface area contributed by atoms with E-state index in [-0.39, 0.29) is 0 Å². The van der Waals surface area contributed by atoms with E-state index in [1.165, 1.54) is 0 Å². The number of carbonyl (C=O) groups excluding carboxylic acids is 1. The zero-order chi connectivity index (χ0) is 10.7. The van der Waals surface area contributed by atoms with Crippen LogP contribution >= 0.6 is 0 Å². The second kappa shape index (κ2) is 4.09. The molecule has 1 aromatic carbocycles. The molecule has 1 amide bonds. The summed E-state index contributed by atoms with van der Waals surface area (Å²) in [5, 5.41) is 0. The quantitative estimate of drug-likeness (QED) is 0.779. The van der Waals surface area contributed by atoms with Gasteiger partial charge in [-0.15, -0.1) is 0 Å². The molecule has 0 aliphatic carbocycles. The van der Waals surface area contributed by atoms with E-state index >= 15 is 0 Å². The molecule has 2 aromatic rings. The van der Waals surface area contributed by atoms with Crippen LogP contribution in [0.2, 0.25) is 0 Å². The standard InChI is InChI=1S/C12H10BNO/c14-12(15)10-7-4-8-13-11(10)9-5-2-1-3-6-9/h1-8H,(H2,14,15). The van der Waals surface area contributed by atoms with Crippen molar-refractivity contribution in [3.8, 4) is 11.0 Å². The molecule has 0 radical (unpaired) electrons. The van der Waals surface area contributed by atoms with Gasteiger partial charge in [0.1, 0.15) is 0 Å². The van der Waals surface area contributed by atoms with Gasteiger partial charge in [0.25, 0.3) is 0 Å². The summed E-state index contributed by atoms with van der Waals surface area (Å²) in [5.74, 6) is 1.50. The third-order valence-electron chi connectivity index (χ3n) is 2.28. The van der Waals surface area contributed by atoms with Crippen LogP contribution in [0.5, 0.6) is 0 Å². The van der Waals surface area contributed by atoms with Gasteiger partial charge in [0, 0.05) is 0 Å². The summed E-state index contributed by atoms with van der Waals surface area (Å²) in [5.41, 5.74) is 7.76. The minimum atomic E-state index is -0.394. The topological polar surface area (TPSA) is 43.1 Å². The molecule has 0 aliphatic heterocycles. The van der Waals surface area contributed by atoms with Crippen LogP contribution in [0.25, 0.3) is 11.0 Å². The second-order valence-corrected chi connectivity index (χ2v) is 3.28. The Labute approximate surface area is 89.0 Å². The van der Waals surface area contributed by atoms with Gasteiger partial charge in [0.2, 0.25) is 0 Å². The van der Waals surface area contributed by atoms with Gasteiger partial charge in [-0.1, -0.05) is 0 Å². The molecule has 1 aromatic heterocycles. The van der Waals surface area contributed by atoms with Gasteiger partial charge in [-0.2, -0.15) is 0 Å². The van der Waals surface area contributed by atoms with Crippen molar-refractivity contribution in [3.05, 3.63) is 54.0 Å². The number of rotatable bonds is 2. The maximum atomic E-state index is 11.2. The fourth-order valence-corrected chi connectivity index (χ4v) is 1.57. The summed E-state index contributed by atoms with van der Waals surface area (Å²) in [6.07, 6.45) is 0. The molecule has 0 atom stereocenters. The predicted molar refractivity (Wildman–Crippen MR) is 61.7 cm³/mol. The summed E-state index contributed by atoms with van der Waals surface area (Å²) in [6.45, 7) is 1.90. The Morgan fingerprint density at radius 1 is 1.07 bits per heavy atom. The van der Waals surface area contributed by atoms with E-state index in [0.29, 0.717) is 5.56 Å². The zero-order valence-corrected chi connectivity index (χ0v) is 8.18. The van der Waals surface area contributed by atoms with Crippen molar-refractivity contribution in [2.24, 2.45) is 5.73 Å². The van der Waals surface area contributed by atoms with Crippen molar-refractivity contribution < 1.29 is 4.79 Å². The van der Waals surface area contributed by atoms with Gasteiger partial charge >= 0.3 is 88.4 Å². The fourth-order valence-electron chi connectivity index (χ4n) is 1.57. The van der Waals surface area contributed by atoms with E-state index < -0.39 is 5.91 Å². The van der Waals surface area contributed by atoms with Gasteiger partial charge in [-0.05, 0) is 0 Å². The molecule has 3 heteroatoms. The Morgan fingerprint density at radius 2 is 1.80 bits per heavy atom. The third kappa shape index (κ3) is 1.96. The summed E-state index contributed by atoms with van der Waals surface area (Å²) in [4.78, 5) is 11.2. The normalized spacial score (nSPS) is 9.60. The van der Waals surface area contributed by atoms with E-state index in [4.69, 9.17) is 5.73 Å². The summed E-state index contributed by atoms with van der Waals surface area (Å²) >= 11 is 0. The molecule has 2 rings (SSSR count). The predicted octanol–water partition coefficient (Wildman–Crippen LogP) is 1.79. The van der Waals surface area contributed by atoms with E-state index in [1.807, 2.05) is 49.3 Å². The first-order chi connectivity index (χ1) is 7.29. The summed E-state index contributed by atoms with van der Waals surface area (Å²) < 4.78 is 0. The van der Waals surface area contributed by atoms with Gasteiger partial charge in [-0.3, -0.25) is 0 Å². The molecule has 72 valence electrons. The van der Waals surface area contributed by atoms with Crippen LogP contribution in [-0.4, -0.2) is 12.8 Å². The molecule has 0 unspecified atom stereocenters. The van der Waals surface area contributed by atoms with Crippen LogP contribution in [0.15, 0.2) is 48.4 Å². The Morgan fingerprint density at radius 3 is 2.47 bits per heavy atom. The zero-order valence-electron chi connectivity index (χ0n) is 8.18. The maximum absolute atomic E-state index is 11.2. The Bertz CT molecular complexity index is 482. The van der Waals surface area contributed by atoms with Crippen molar-refractivity contribution >= 4 is 12.8 Å². The molecule has 2 nitrogen and oxygen atoms in total. The van der Waals surface area contributed by atoms with Crippen molar-refractivity contribution in [1.82, 2.24) is 0 Å². The number of amides is 1. The van der Waals surface area contributed by atoms with Crippen molar-refractivity contribution in [2.75, 3.05) is 0 Å². The van der Waals surface area contributed by atoms with E-state index in [2.05, 4.69) is 0 Å². The fraction of sp³-hybridized carbons (Fsp3) is 0. The van der Waals surface area contributed by atoms with Gasteiger partial charge < -0.3 is 0 Å². The van der Waals surface area contributed by atoms with Gasteiger partial charge in [0.15, 0.2) is 0 Å². The number of hydrogen-bond donors (Lipinski definition) is 1. The van der Waals surface area contributed by atoms with Crippen molar-refractivity contribution in [3.63, 3.8) is 0 Å². The number of benzene rings is 1. The number of primary amides is 1. The van der Waals surface area contributed by atoms with Crippen molar-refractivity contribution in [2.45, 2.75) is 0 Å². The monoisotopic (exact) mass is 195 g/mol. The van der Waals surface area contributed by atoms with Crippen LogP contribution in [-0.2, 0) is 0 Å². The van der Waals surface area contributed by atoms with E-state index in [0.717, 1.165) is 11.0 Å². The van der Waals surface area contributed by atoms with Gasteiger partial charge in [0.05, 0.1) is 0 Å². The first-order valence-electron chi connectivity index (χ1n) is 4.73. The first kappa shape index (κ1) is 9.65. The molecular weight excluding hydrogens is 185 g/mol. The van der Waals surface area contributed by atoms with Crippen molar-refractivity contribution in [1.29, 1.82) is 0 Å². The molecule has 0 saturated heterocycles. The van der Waals surface area contributed by atoms with Crippen LogP contribution in [0, 0.1) is 0 Å². The van der Waals surface area contributed by atoms with Crippen LogP contribution in [0.3, 0.4) is 0 Å². The number of hydrogen-bond acceptors (Lipinski definition) is 1. The minimum absolute atomic E-state index is 0.394. The molecule has 0 aliphatic rings. The van der Waals surface area contributed by atoms with E-state index in [9.17, 15) is 4.79 Å². The average Bonchev–Trinajstić information content (AvgIpc) is 2.30. The van der Waals surface area contributed by atoms with Crippen LogP contribution < -0.4 is 5.73 Å². The number of nitrogens with two attached hydrogens (primary N) is 1. The molecule has 0 bridgehead atoms. The van der Waals surface area contributed by atoms with Crippen LogP contribution in [0.4, 0.5) is 0 Å². The Hall–Kier alpha value is -1.90. The Kier molecular flexibility index (Phi) is 2.63. The Balaban J connectivity index is 2.58. The number of carbonyl (C=O) groups is 1. The average molecular weight is 195 g/mol. The molecular formula is C12H10BNO. The molecule has 1 heterocycles. The van der Waals surface area contributed by atoms with Crippen LogP contribution in [0.1, 0.15) is 10.4 Å².